The van der Waals surface area contributed by atoms with Gasteiger partial charge < -0.3 is 10.1 Å². The number of aryl methyl sites for hydroxylation is 1. The van der Waals surface area contributed by atoms with Crippen molar-refractivity contribution < 1.29 is 18.3 Å². The fraction of sp³-hybridized carbons (Fsp3) is 0.250. The van der Waals surface area contributed by atoms with Crippen LogP contribution in [0.3, 0.4) is 0 Å². The number of benzene rings is 1. The predicted octanol–water partition coefficient (Wildman–Crippen LogP) is 2.95. The maximum atomic E-state index is 12.3. The Morgan fingerprint density at radius 3 is 2.90 bits per heavy atom. The van der Waals surface area contributed by atoms with Crippen LogP contribution < -0.4 is 10.1 Å². The molecule has 5 nitrogen and oxygen atoms in total. The highest BCUT2D eigenvalue weighted by Crippen LogP contribution is 2.26. The Hall–Kier alpha value is -2.09. The summed E-state index contributed by atoms with van der Waals surface area (Å²) in [5.41, 5.74) is 0.744. The first-order valence-corrected chi connectivity index (χ1v) is 6.55. The number of alkyl halides is 2. The van der Waals surface area contributed by atoms with Crippen LogP contribution >= 0.6 is 11.5 Å². The second-order valence-corrected chi connectivity index (χ2v) is 4.49. The molecule has 2 rings (SSSR count). The van der Waals surface area contributed by atoms with E-state index >= 15 is 0 Å². The molecule has 0 saturated carbocycles. The lowest BCUT2D eigenvalue weighted by atomic mass is 10.2. The Morgan fingerprint density at radius 1 is 1.45 bits per heavy atom. The molecule has 0 saturated heterocycles. The molecule has 1 aromatic carbocycles. The van der Waals surface area contributed by atoms with E-state index in [1.165, 1.54) is 12.1 Å². The molecule has 0 unspecified atom stereocenters. The van der Waals surface area contributed by atoms with Crippen molar-refractivity contribution in [2.75, 3.05) is 5.32 Å². The lowest BCUT2D eigenvalue weighted by Gasteiger charge is -2.11. The van der Waals surface area contributed by atoms with Gasteiger partial charge in [0, 0.05) is 0 Å². The summed E-state index contributed by atoms with van der Waals surface area (Å²) >= 11 is 0.959. The van der Waals surface area contributed by atoms with E-state index in [-0.39, 0.29) is 11.4 Å². The lowest BCUT2D eigenvalue weighted by molar-refractivity contribution is -0.0493. The van der Waals surface area contributed by atoms with Crippen LogP contribution in [0.5, 0.6) is 5.75 Å². The summed E-state index contributed by atoms with van der Waals surface area (Å²) in [6, 6.07) is 5.99. The third kappa shape index (κ3) is 3.27. The molecule has 0 spiro atoms. The number of hydrogen-bond donors (Lipinski definition) is 1. The van der Waals surface area contributed by atoms with Crippen molar-refractivity contribution in [2.45, 2.75) is 20.0 Å². The first kappa shape index (κ1) is 14.3. The van der Waals surface area contributed by atoms with Crippen LogP contribution in [-0.4, -0.2) is 22.1 Å². The molecule has 1 aromatic heterocycles. The molecule has 0 radical (unpaired) electrons. The summed E-state index contributed by atoms with van der Waals surface area (Å²) in [6.07, 6.45) is 0.564. The van der Waals surface area contributed by atoms with Crippen LogP contribution in [-0.2, 0) is 6.42 Å². The minimum absolute atomic E-state index is 0.0913. The zero-order valence-corrected chi connectivity index (χ0v) is 11.3. The van der Waals surface area contributed by atoms with Crippen molar-refractivity contribution in [3.05, 3.63) is 34.8 Å². The third-order valence-electron chi connectivity index (χ3n) is 2.45. The second-order valence-electron chi connectivity index (χ2n) is 3.73. The summed E-state index contributed by atoms with van der Waals surface area (Å²) in [5, 5.41) is 6.35. The standard InChI is InChI=1S/C12H11F2N3O2S/c1-2-7-10(20-17-16-7)11(18)15-8-5-3-4-6-9(8)19-12(13)14/h3-6,12H,2H2,1H3,(H,15,18). The summed E-state index contributed by atoms with van der Waals surface area (Å²) in [4.78, 5) is 12.4. The molecular weight excluding hydrogens is 288 g/mol. The van der Waals surface area contributed by atoms with Gasteiger partial charge in [0.15, 0.2) is 0 Å². The summed E-state index contributed by atoms with van der Waals surface area (Å²) in [7, 11) is 0. The molecule has 0 aliphatic carbocycles. The molecule has 1 heterocycles. The van der Waals surface area contributed by atoms with Gasteiger partial charge in [0.1, 0.15) is 10.6 Å². The van der Waals surface area contributed by atoms with Gasteiger partial charge in [-0.05, 0) is 30.1 Å². The van der Waals surface area contributed by atoms with Crippen LogP contribution in [0.15, 0.2) is 24.3 Å². The molecule has 0 atom stereocenters. The highest BCUT2D eigenvalue weighted by Gasteiger charge is 2.17. The van der Waals surface area contributed by atoms with E-state index < -0.39 is 12.5 Å². The third-order valence-corrected chi connectivity index (χ3v) is 3.22. The number of para-hydroxylation sites is 2. The number of nitrogens with zero attached hydrogens (tertiary/aromatic N) is 2. The normalized spacial score (nSPS) is 10.6. The van der Waals surface area contributed by atoms with Crippen molar-refractivity contribution in [3.8, 4) is 5.75 Å². The van der Waals surface area contributed by atoms with Crippen molar-refractivity contribution in [1.82, 2.24) is 9.59 Å². The minimum Gasteiger partial charge on any atom is -0.433 e. The van der Waals surface area contributed by atoms with Gasteiger partial charge in [-0.1, -0.05) is 23.5 Å². The van der Waals surface area contributed by atoms with Crippen LogP contribution in [0.1, 0.15) is 22.3 Å². The van der Waals surface area contributed by atoms with E-state index in [2.05, 4.69) is 19.6 Å². The van der Waals surface area contributed by atoms with Gasteiger partial charge in [-0.2, -0.15) is 8.78 Å². The smallest absolute Gasteiger partial charge is 0.387 e. The van der Waals surface area contributed by atoms with E-state index in [0.29, 0.717) is 17.0 Å². The number of amides is 1. The summed E-state index contributed by atoms with van der Waals surface area (Å²) in [5.74, 6) is -0.534. The predicted molar refractivity (Wildman–Crippen MR) is 70.3 cm³/mol. The second kappa shape index (κ2) is 6.38. The van der Waals surface area contributed by atoms with Gasteiger partial charge >= 0.3 is 6.61 Å². The molecular formula is C12H11F2N3O2S. The Labute approximate surface area is 117 Å². The summed E-state index contributed by atoms with van der Waals surface area (Å²) < 4.78 is 32.6. The fourth-order valence-corrected chi connectivity index (χ4v) is 2.21. The zero-order chi connectivity index (χ0) is 14.5. The molecule has 0 aliphatic rings. The maximum absolute atomic E-state index is 12.3. The van der Waals surface area contributed by atoms with Gasteiger partial charge in [0.25, 0.3) is 5.91 Å². The molecule has 0 aliphatic heterocycles. The number of carbonyl (C=O) groups excluding carboxylic acids is 1. The van der Waals surface area contributed by atoms with Crippen LogP contribution in [0.25, 0.3) is 0 Å². The van der Waals surface area contributed by atoms with Crippen molar-refractivity contribution in [1.29, 1.82) is 0 Å². The van der Waals surface area contributed by atoms with Gasteiger partial charge in [-0.25, -0.2) is 0 Å². The fourth-order valence-electron chi connectivity index (χ4n) is 1.56. The average molecular weight is 299 g/mol. The molecule has 1 amide bonds. The van der Waals surface area contributed by atoms with Gasteiger partial charge in [0.05, 0.1) is 11.4 Å². The quantitative estimate of drug-likeness (QED) is 0.922. The Morgan fingerprint density at radius 2 is 2.20 bits per heavy atom. The van der Waals surface area contributed by atoms with E-state index in [9.17, 15) is 13.6 Å². The molecule has 106 valence electrons. The number of rotatable bonds is 5. The Balaban J connectivity index is 2.20. The Bertz CT molecular complexity index is 604. The van der Waals surface area contributed by atoms with Crippen molar-refractivity contribution in [2.24, 2.45) is 0 Å². The number of aromatic nitrogens is 2. The molecule has 0 bridgehead atoms. The highest BCUT2D eigenvalue weighted by molar-refractivity contribution is 7.08. The summed E-state index contributed by atoms with van der Waals surface area (Å²) in [6.45, 7) is -1.11. The largest absolute Gasteiger partial charge is 0.433 e. The van der Waals surface area contributed by atoms with Crippen molar-refractivity contribution >= 4 is 23.1 Å². The van der Waals surface area contributed by atoms with Crippen LogP contribution in [0.4, 0.5) is 14.5 Å². The molecule has 20 heavy (non-hydrogen) atoms. The van der Waals surface area contributed by atoms with Gasteiger partial charge in [0.2, 0.25) is 0 Å². The van der Waals surface area contributed by atoms with Crippen molar-refractivity contribution in [3.63, 3.8) is 0 Å². The van der Waals surface area contributed by atoms with E-state index in [4.69, 9.17) is 0 Å². The average Bonchev–Trinajstić information content (AvgIpc) is 2.88. The van der Waals surface area contributed by atoms with E-state index in [1.54, 1.807) is 12.1 Å². The SMILES string of the molecule is CCc1nnsc1C(=O)Nc1ccccc1OC(F)F. The molecule has 0 fully saturated rings. The first-order valence-electron chi connectivity index (χ1n) is 5.78. The lowest BCUT2D eigenvalue weighted by Crippen LogP contribution is -2.14. The Kier molecular flexibility index (Phi) is 4.57. The monoisotopic (exact) mass is 299 g/mol. The zero-order valence-electron chi connectivity index (χ0n) is 10.5. The van der Waals surface area contributed by atoms with Crippen LogP contribution in [0, 0.1) is 0 Å². The number of carbonyl (C=O) groups is 1. The number of anilines is 1. The maximum Gasteiger partial charge on any atom is 0.387 e. The number of halogens is 2. The van der Waals surface area contributed by atoms with Crippen LogP contribution in [0.2, 0.25) is 0 Å². The van der Waals surface area contributed by atoms with Gasteiger partial charge in [-0.15, -0.1) is 5.10 Å². The first-order chi connectivity index (χ1) is 9.61. The topological polar surface area (TPSA) is 64.1 Å². The van der Waals surface area contributed by atoms with Gasteiger partial charge in [-0.3, -0.25) is 4.79 Å². The number of hydrogen-bond acceptors (Lipinski definition) is 5. The number of nitrogens with one attached hydrogen (secondary N) is 1. The number of ether oxygens (including phenoxy) is 1. The molecule has 8 heteroatoms. The minimum atomic E-state index is -2.95. The molecule has 1 N–H and O–H groups in total. The highest BCUT2D eigenvalue weighted by atomic mass is 32.1. The van der Waals surface area contributed by atoms with E-state index in [1.807, 2.05) is 6.92 Å². The van der Waals surface area contributed by atoms with E-state index in [0.717, 1.165) is 11.5 Å². The molecule has 2 aromatic rings.